The summed E-state index contributed by atoms with van der Waals surface area (Å²) in [5, 5.41) is 3.57. The lowest BCUT2D eigenvalue weighted by Gasteiger charge is -2.25. The minimum Gasteiger partial charge on any atom is -0.332 e. The largest absolute Gasteiger partial charge is 0.332 e. The Hall–Kier alpha value is -1.13. The molecule has 1 aromatic heterocycles. The van der Waals surface area contributed by atoms with E-state index in [4.69, 9.17) is 0 Å². The Kier molecular flexibility index (Phi) is 3.46. The molecule has 100 valence electrons. The number of fused-ring (bicyclic) bond motifs is 1. The fraction of sp³-hybridized carbons (Fsp3) is 0.400. The minimum absolute atomic E-state index is 0.209. The number of imidazole rings is 1. The lowest BCUT2D eigenvalue weighted by atomic mass is 9.98. The highest BCUT2D eigenvalue weighted by Crippen LogP contribution is 2.30. The van der Waals surface area contributed by atoms with Crippen LogP contribution in [0.1, 0.15) is 42.9 Å². The molecule has 1 N–H and O–H groups in total. The van der Waals surface area contributed by atoms with Crippen molar-refractivity contribution in [2.45, 2.75) is 32.4 Å². The van der Waals surface area contributed by atoms with E-state index in [0.29, 0.717) is 6.04 Å². The van der Waals surface area contributed by atoms with Gasteiger partial charge in [0.15, 0.2) is 0 Å². The van der Waals surface area contributed by atoms with Crippen LogP contribution < -0.4 is 5.32 Å². The normalized spacial score (nSPS) is 18.6. The van der Waals surface area contributed by atoms with Crippen LogP contribution in [0.4, 0.5) is 0 Å². The summed E-state index contributed by atoms with van der Waals surface area (Å²) in [4.78, 5) is 4.65. The number of rotatable bonds is 2. The molecule has 2 heterocycles. The molecule has 1 aliphatic heterocycles. The van der Waals surface area contributed by atoms with E-state index >= 15 is 0 Å². The van der Waals surface area contributed by atoms with Gasteiger partial charge in [-0.05, 0) is 31.5 Å². The van der Waals surface area contributed by atoms with Gasteiger partial charge in [0.25, 0.3) is 0 Å². The highest BCUT2D eigenvalue weighted by Gasteiger charge is 2.26. The fourth-order valence-electron chi connectivity index (χ4n) is 2.74. The van der Waals surface area contributed by atoms with Crippen LogP contribution in [0.5, 0.6) is 0 Å². The van der Waals surface area contributed by atoms with Crippen molar-refractivity contribution in [2.24, 2.45) is 0 Å². The fourth-order valence-corrected chi connectivity index (χ4v) is 3.15. The van der Waals surface area contributed by atoms with Gasteiger partial charge in [0.1, 0.15) is 0 Å². The molecule has 0 fully saturated rings. The second-order valence-corrected chi connectivity index (χ2v) is 6.19. The Morgan fingerprint density at radius 3 is 3.00 bits per heavy atom. The molecule has 0 bridgehead atoms. The molecule has 0 saturated heterocycles. The van der Waals surface area contributed by atoms with Crippen LogP contribution in [0.3, 0.4) is 0 Å². The smallest absolute Gasteiger partial charge is 0.0954 e. The number of hydrogen-bond donors (Lipinski definition) is 1. The number of halogens is 1. The van der Waals surface area contributed by atoms with Gasteiger partial charge in [-0.15, -0.1) is 0 Å². The summed E-state index contributed by atoms with van der Waals surface area (Å²) < 4.78 is 3.41. The van der Waals surface area contributed by atoms with E-state index in [9.17, 15) is 0 Å². The van der Waals surface area contributed by atoms with Gasteiger partial charge in [0.2, 0.25) is 0 Å². The zero-order valence-electron chi connectivity index (χ0n) is 11.2. The van der Waals surface area contributed by atoms with Gasteiger partial charge in [-0.3, -0.25) is 0 Å². The lowest BCUT2D eigenvalue weighted by Crippen LogP contribution is -2.31. The van der Waals surface area contributed by atoms with Crippen molar-refractivity contribution in [1.82, 2.24) is 14.9 Å². The summed E-state index contributed by atoms with van der Waals surface area (Å²) in [6.45, 7) is 5.42. The van der Waals surface area contributed by atoms with E-state index in [1.165, 1.54) is 17.0 Å². The highest BCUT2D eigenvalue weighted by atomic mass is 79.9. The molecular formula is C15H18BrN3. The molecule has 0 radical (unpaired) electrons. The molecule has 1 atom stereocenters. The van der Waals surface area contributed by atoms with Crippen LogP contribution in [-0.4, -0.2) is 16.1 Å². The number of nitrogens with zero attached hydrogens (tertiary/aromatic N) is 2. The van der Waals surface area contributed by atoms with E-state index < -0.39 is 0 Å². The van der Waals surface area contributed by atoms with Crippen molar-refractivity contribution in [3.05, 3.63) is 52.0 Å². The van der Waals surface area contributed by atoms with Gasteiger partial charge in [0, 0.05) is 29.2 Å². The van der Waals surface area contributed by atoms with E-state index in [2.05, 4.69) is 68.9 Å². The molecule has 1 unspecified atom stereocenters. The van der Waals surface area contributed by atoms with Crippen molar-refractivity contribution in [3.63, 3.8) is 0 Å². The first-order valence-electron chi connectivity index (χ1n) is 6.71. The van der Waals surface area contributed by atoms with Crippen LogP contribution in [0, 0.1) is 0 Å². The average molecular weight is 320 g/mol. The average Bonchev–Trinajstić information content (AvgIpc) is 2.82. The van der Waals surface area contributed by atoms with Crippen LogP contribution in [-0.2, 0) is 6.42 Å². The lowest BCUT2D eigenvalue weighted by molar-refractivity contribution is 0.513. The second kappa shape index (κ2) is 5.10. The maximum Gasteiger partial charge on any atom is 0.0954 e. The summed E-state index contributed by atoms with van der Waals surface area (Å²) in [6.07, 6.45) is 3.03. The van der Waals surface area contributed by atoms with E-state index in [0.717, 1.165) is 17.4 Å². The molecule has 3 rings (SSSR count). The first-order valence-corrected chi connectivity index (χ1v) is 7.50. The third kappa shape index (κ3) is 2.35. The SMILES string of the molecule is CC(C)n1cnc2c1CCNC2c1cccc(Br)c1. The molecule has 0 aliphatic carbocycles. The molecule has 0 spiro atoms. The van der Waals surface area contributed by atoms with Crippen molar-refractivity contribution in [3.8, 4) is 0 Å². The zero-order chi connectivity index (χ0) is 13.4. The number of nitrogens with one attached hydrogen (secondary N) is 1. The monoisotopic (exact) mass is 319 g/mol. The molecule has 0 amide bonds. The van der Waals surface area contributed by atoms with E-state index in [-0.39, 0.29) is 6.04 Å². The molecule has 1 aliphatic rings. The molecular weight excluding hydrogens is 302 g/mol. The predicted molar refractivity (Wildman–Crippen MR) is 80.3 cm³/mol. The highest BCUT2D eigenvalue weighted by molar-refractivity contribution is 9.10. The second-order valence-electron chi connectivity index (χ2n) is 5.27. The molecule has 1 aromatic carbocycles. The van der Waals surface area contributed by atoms with Gasteiger partial charge in [-0.2, -0.15) is 0 Å². The van der Waals surface area contributed by atoms with Crippen LogP contribution in [0.25, 0.3) is 0 Å². The molecule has 0 saturated carbocycles. The standard InChI is InChI=1S/C15H18BrN3/c1-10(2)19-9-18-15-13(19)6-7-17-14(15)11-4-3-5-12(16)8-11/h3-5,8-10,14,17H,6-7H2,1-2H3. The van der Waals surface area contributed by atoms with Crippen LogP contribution in [0.2, 0.25) is 0 Å². The van der Waals surface area contributed by atoms with Crippen LogP contribution in [0.15, 0.2) is 35.1 Å². The summed E-state index contributed by atoms with van der Waals surface area (Å²) in [6, 6.07) is 9.14. The van der Waals surface area contributed by atoms with Gasteiger partial charge in [-0.25, -0.2) is 4.98 Å². The maximum atomic E-state index is 4.65. The van der Waals surface area contributed by atoms with E-state index in [1.54, 1.807) is 0 Å². The topological polar surface area (TPSA) is 29.9 Å². The van der Waals surface area contributed by atoms with Crippen LogP contribution >= 0.6 is 15.9 Å². The molecule has 2 aromatic rings. The first kappa shape index (κ1) is 12.9. The number of hydrogen-bond acceptors (Lipinski definition) is 2. The third-order valence-electron chi connectivity index (χ3n) is 3.65. The summed E-state index contributed by atoms with van der Waals surface area (Å²) in [5.41, 5.74) is 3.82. The van der Waals surface area contributed by atoms with Gasteiger partial charge < -0.3 is 9.88 Å². The molecule has 3 nitrogen and oxygen atoms in total. The van der Waals surface area contributed by atoms with Gasteiger partial charge in [0.05, 0.1) is 18.1 Å². The number of benzene rings is 1. The minimum atomic E-state index is 0.209. The molecule has 4 heteroatoms. The Labute approximate surface area is 122 Å². The van der Waals surface area contributed by atoms with Crippen molar-refractivity contribution >= 4 is 15.9 Å². The van der Waals surface area contributed by atoms with Crippen molar-refractivity contribution in [1.29, 1.82) is 0 Å². The van der Waals surface area contributed by atoms with Crippen molar-refractivity contribution in [2.75, 3.05) is 6.54 Å². The van der Waals surface area contributed by atoms with Gasteiger partial charge >= 0.3 is 0 Å². The Morgan fingerprint density at radius 1 is 1.42 bits per heavy atom. The summed E-state index contributed by atoms with van der Waals surface area (Å²) in [7, 11) is 0. The Bertz CT molecular complexity index is 589. The quantitative estimate of drug-likeness (QED) is 0.918. The first-order chi connectivity index (χ1) is 9.16. The summed E-state index contributed by atoms with van der Waals surface area (Å²) >= 11 is 3.54. The zero-order valence-corrected chi connectivity index (χ0v) is 12.8. The molecule has 19 heavy (non-hydrogen) atoms. The number of aromatic nitrogens is 2. The van der Waals surface area contributed by atoms with Gasteiger partial charge in [-0.1, -0.05) is 28.1 Å². The third-order valence-corrected chi connectivity index (χ3v) is 4.14. The van der Waals surface area contributed by atoms with Crippen molar-refractivity contribution < 1.29 is 0 Å². The summed E-state index contributed by atoms with van der Waals surface area (Å²) in [5.74, 6) is 0. The Balaban J connectivity index is 2.03. The maximum absolute atomic E-state index is 4.65. The Morgan fingerprint density at radius 2 is 2.26 bits per heavy atom. The van der Waals surface area contributed by atoms with E-state index in [1.807, 2.05) is 6.33 Å². The predicted octanol–water partition coefficient (Wildman–Crippen LogP) is 3.46.